The molecule has 116 valence electrons. The van der Waals surface area contributed by atoms with Crippen LogP contribution in [0.15, 0.2) is 29.4 Å². The van der Waals surface area contributed by atoms with Crippen molar-refractivity contribution in [2.24, 2.45) is 0 Å². The summed E-state index contributed by atoms with van der Waals surface area (Å²) >= 11 is 0. The molecule has 21 heavy (non-hydrogen) atoms. The minimum atomic E-state index is -3.71. The third-order valence-corrected chi connectivity index (χ3v) is 4.44. The van der Waals surface area contributed by atoms with E-state index in [1.165, 1.54) is 6.20 Å². The second-order valence-corrected chi connectivity index (χ2v) is 7.35. The molecule has 0 fully saturated rings. The van der Waals surface area contributed by atoms with Crippen molar-refractivity contribution >= 4 is 21.1 Å². The number of pyridine rings is 1. The predicted octanol–water partition coefficient (Wildman–Crippen LogP) is 0.154. The molecule has 0 aliphatic rings. The number of likely N-dealkylation sites (N-methyl/N-ethyl adjacent to an activating group) is 1. The number of aromatic amines is 1. The Balaban J connectivity index is 2.19. The molecule has 0 spiro atoms. The van der Waals surface area contributed by atoms with E-state index in [1.807, 2.05) is 14.1 Å². The molecule has 0 aliphatic heterocycles. The Labute approximate surface area is 124 Å². The fourth-order valence-corrected chi connectivity index (χ4v) is 3.54. The molecule has 0 saturated heterocycles. The fraction of sp³-hybridized carbons (Fsp3) is 0.462. The quantitative estimate of drug-likeness (QED) is 0.705. The van der Waals surface area contributed by atoms with E-state index in [0.717, 1.165) is 0 Å². The van der Waals surface area contributed by atoms with Gasteiger partial charge in [0.1, 0.15) is 10.5 Å². The number of H-pyrrole nitrogens is 1. The molecular formula is C13H20N4O3S. The Morgan fingerprint density at radius 2 is 2.19 bits per heavy atom. The zero-order valence-electron chi connectivity index (χ0n) is 12.3. The van der Waals surface area contributed by atoms with Crippen molar-refractivity contribution < 1.29 is 13.5 Å². The number of aromatic nitrogens is 2. The van der Waals surface area contributed by atoms with Crippen molar-refractivity contribution in [2.45, 2.75) is 17.4 Å². The number of nitrogens with one attached hydrogen (secondary N) is 2. The second kappa shape index (κ2) is 5.72. The van der Waals surface area contributed by atoms with Crippen LogP contribution in [0.5, 0.6) is 0 Å². The maximum absolute atomic E-state index is 12.4. The van der Waals surface area contributed by atoms with Crippen LogP contribution in [-0.4, -0.2) is 61.2 Å². The fourth-order valence-electron chi connectivity index (χ4n) is 2.22. The van der Waals surface area contributed by atoms with Crippen molar-refractivity contribution in [1.82, 2.24) is 19.6 Å². The molecule has 2 rings (SSSR count). The van der Waals surface area contributed by atoms with Crippen LogP contribution in [0.3, 0.4) is 0 Å². The number of nitrogens with zero attached hydrogens (tertiary/aromatic N) is 2. The minimum absolute atomic E-state index is 0.0690. The van der Waals surface area contributed by atoms with Gasteiger partial charge in [-0.2, -0.15) is 0 Å². The average molecular weight is 312 g/mol. The summed E-state index contributed by atoms with van der Waals surface area (Å²) in [5.74, 6) is 0. The Morgan fingerprint density at radius 1 is 1.48 bits per heavy atom. The van der Waals surface area contributed by atoms with Gasteiger partial charge in [-0.1, -0.05) is 0 Å². The van der Waals surface area contributed by atoms with Gasteiger partial charge in [0, 0.05) is 30.9 Å². The van der Waals surface area contributed by atoms with Crippen LogP contribution in [0.25, 0.3) is 11.0 Å². The molecule has 2 heterocycles. The van der Waals surface area contributed by atoms with Gasteiger partial charge in [-0.3, -0.25) is 0 Å². The van der Waals surface area contributed by atoms with Gasteiger partial charge in [-0.05, 0) is 33.2 Å². The van der Waals surface area contributed by atoms with Crippen LogP contribution < -0.4 is 4.72 Å². The van der Waals surface area contributed by atoms with Gasteiger partial charge in [0.15, 0.2) is 0 Å². The summed E-state index contributed by atoms with van der Waals surface area (Å²) in [5, 5.41) is 10.7. The first-order valence-corrected chi connectivity index (χ1v) is 7.98. The van der Waals surface area contributed by atoms with Gasteiger partial charge < -0.3 is 15.0 Å². The van der Waals surface area contributed by atoms with Gasteiger partial charge in [0.25, 0.3) is 0 Å². The van der Waals surface area contributed by atoms with Gasteiger partial charge >= 0.3 is 0 Å². The monoisotopic (exact) mass is 312 g/mol. The van der Waals surface area contributed by atoms with Gasteiger partial charge in [0.2, 0.25) is 10.0 Å². The molecule has 2 aromatic rings. The van der Waals surface area contributed by atoms with E-state index in [-0.39, 0.29) is 11.4 Å². The molecule has 3 N–H and O–H groups in total. The number of fused-ring (bicyclic) bond motifs is 1. The van der Waals surface area contributed by atoms with E-state index in [4.69, 9.17) is 0 Å². The number of sulfonamides is 1. The zero-order chi connectivity index (χ0) is 15.7. The first kappa shape index (κ1) is 15.9. The van der Waals surface area contributed by atoms with Gasteiger partial charge in [-0.25, -0.2) is 18.1 Å². The highest BCUT2D eigenvalue weighted by Gasteiger charge is 2.26. The third kappa shape index (κ3) is 3.79. The van der Waals surface area contributed by atoms with E-state index in [2.05, 4.69) is 14.7 Å². The number of rotatable bonds is 6. The van der Waals surface area contributed by atoms with Crippen LogP contribution >= 0.6 is 0 Å². The topological polar surface area (TPSA) is 98.3 Å². The Morgan fingerprint density at radius 3 is 2.86 bits per heavy atom. The summed E-state index contributed by atoms with van der Waals surface area (Å²) < 4.78 is 27.2. The lowest BCUT2D eigenvalue weighted by Gasteiger charge is -2.26. The predicted molar refractivity (Wildman–Crippen MR) is 80.5 cm³/mol. The lowest BCUT2D eigenvalue weighted by atomic mass is 10.1. The van der Waals surface area contributed by atoms with Crippen LogP contribution in [0, 0.1) is 0 Å². The smallest absolute Gasteiger partial charge is 0.242 e. The minimum Gasteiger partial charge on any atom is -0.387 e. The van der Waals surface area contributed by atoms with Gasteiger partial charge in [0.05, 0.1) is 5.60 Å². The maximum Gasteiger partial charge on any atom is 0.242 e. The molecule has 2 aromatic heterocycles. The first-order chi connectivity index (χ1) is 9.71. The van der Waals surface area contributed by atoms with Crippen molar-refractivity contribution in [3.05, 3.63) is 24.5 Å². The van der Waals surface area contributed by atoms with Crippen LogP contribution in [0.1, 0.15) is 6.92 Å². The molecule has 0 amide bonds. The number of aliphatic hydroxyl groups is 1. The largest absolute Gasteiger partial charge is 0.387 e. The van der Waals surface area contributed by atoms with Gasteiger partial charge in [-0.15, -0.1) is 0 Å². The van der Waals surface area contributed by atoms with E-state index in [1.54, 1.807) is 30.2 Å². The lowest BCUT2D eigenvalue weighted by molar-refractivity contribution is 0.0386. The highest BCUT2D eigenvalue weighted by molar-refractivity contribution is 7.89. The van der Waals surface area contributed by atoms with Crippen molar-refractivity contribution in [1.29, 1.82) is 0 Å². The Hall–Kier alpha value is -1.48. The molecule has 7 nitrogen and oxygen atoms in total. The van der Waals surface area contributed by atoms with Crippen molar-refractivity contribution in [3.8, 4) is 0 Å². The zero-order valence-corrected chi connectivity index (χ0v) is 13.1. The molecule has 0 aliphatic carbocycles. The van der Waals surface area contributed by atoms with E-state index >= 15 is 0 Å². The van der Waals surface area contributed by atoms with Crippen molar-refractivity contribution in [2.75, 3.05) is 27.2 Å². The third-order valence-electron chi connectivity index (χ3n) is 3.00. The van der Waals surface area contributed by atoms with E-state index in [9.17, 15) is 13.5 Å². The Bertz CT molecular complexity index is 722. The van der Waals surface area contributed by atoms with Crippen LogP contribution in [0.4, 0.5) is 0 Å². The first-order valence-electron chi connectivity index (χ1n) is 6.50. The summed E-state index contributed by atoms with van der Waals surface area (Å²) in [6.45, 7) is 1.87. The molecule has 0 bridgehead atoms. The van der Waals surface area contributed by atoms with E-state index < -0.39 is 15.6 Å². The van der Waals surface area contributed by atoms with E-state index in [0.29, 0.717) is 17.6 Å². The lowest BCUT2D eigenvalue weighted by Crippen LogP contribution is -2.47. The summed E-state index contributed by atoms with van der Waals surface area (Å²) in [6, 6.07) is 3.36. The SMILES string of the molecule is CN(C)CC(C)(O)CNS(=O)(=O)c1c[nH]c2ncccc12. The summed E-state index contributed by atoms with van der Waals surface area (Å²) in [7, 11) is -0.0847. The summed E-state index contributed by atoms with van der Waals surface area (Å²) in [4.78, 5) is 8.81. The highest BCUT2D eigenvalue weighted by Crippen LogP contribution is 2.20. The summed E-state index contributed by atoms with van der Waals surface area (Å²) in [5.41, 5.74) is -0.640. The molecule has 1 unspecified atom stereocenters. The molecule has 1 atom stereocenters. The molecular weight excluding hydrogens is 292 g/mol. The van der Waals surface area contributed by atoms with Crippen LogP contribution in [-0.2, 0) is 10.0 Å². The van der Waals surface area contributed by atoms with Crippen molar-refractivity contribution in [3.63, 3.8) is 0 Å². The molecule has 0 radical (unpaired) electrons. The second-order valence-electron chi connectivity index (χ2n) is 5.61. The Kier molecular flexibility index (Phi) is 4.33. The molecule has 8 heteroatoms. The molecule has 0 saturated carbocycles. The molecule has 0 aromatic carbocycles. The number of hydrogen-bond acceptors (Lipinski definition) is 5. The van der Waals surface area contributed by atoms with Crippen LogP contribution in [0.2, 0.25) is 0 Å². The maximum atomic E-state index is 12.4. The number of hydrogen-bond donors (Lipinski definition) is 3. The average Bonchev–Trinajstić information content (AvgIpc) is 2.80. The highest BCUT2D eigenvalue weighted by atomic mass is 32.2. The normalized spacial score (nSPS) is 15.5. The summed E-state index contributed by atoms with van der Waals surface area (Å²) in [6.07, 6.45) is 2.99. The standard InChI is InChI=1S/C13H20N4O3S/c1-13(18,9-17(2)3)8-16-21(19,20)11-7-15-12-10(11)5-4-6-14-12/h4-7,16,18H,8-9H2,1-3H3,(H,14,15).